The van der Waals surface area contributed by atoms with E-state index in [4.69, 9.17) is 20.2 Å². The number of ether oxygens (including phenoxy) is 2. The van der Waals surface area contributed by atoms with E-state index in [-0.39, 0.29) is 0 Å². The van der Waals surface area contributed by atoms with Gasteiger partial charge in [-0.15, -0.1) is 11.3 Å². The van der Waals surface area contributed by atoms with E-state index in [9.17, 15) is 0 Å². The summed E-state index contributed by atoms with van der Waals surface area (Å²) >= 11 is 1.60. The van der Waals surface area contributed by atoms with Crippen LogP contribution in [0.2, 0.25) is 0 Å². The first kappa shape index (κ1) is 19.1. The predicted molar refractivity (Wildman–Crippen MR) is 125 cm³/mol. The first-order chi connectivity index (χ1) is 15.2. The fourth-order valence-corrected chi connectivity index (χ4v) is 4.55. The van der Waals surface area contributed by atoms with Crippen LogP contribution in [0.3, 0.4) is 0 Å². The summed E-state index contributed by atoms with van der Waals surface area (Å²) in [7, 11) is 3.30. The largest absolute Gasteiger partial charge is 0.497 e. The highest BCUT2D eigenvalue weighted by atomic mass is 32.1. The van der Waals surface area contributed by atoms with Gasteiger partial charge in [0, 0.05) is 34.6 Å². The Balaban J connectivity index is 1.50. The third kappa shape index (κ3) is 3.49. The molecule has 2 N–H and O–H groups in total. The Kier molecular flexibility index (Phi) is 4.80. The van der Waals surface area contributed by atoms with Crippen molar-refractivity contribution in [2.24, 2.45) is 0 Å². The van der Waals surface area contributed by atoms with Gasteiger partial charge in [-0.1, -0.05) is 12.1 Å². The molecule has 0 radical (unpaired) electrons. The maximum atomic E-state index is 5.82. The molecule has 0 aliphatic heterocycles. The highest BCUT2D eigenvalue weighted by molar-refractivity contribution is 7.22. The molecular formula is C24H20N4O2S. The van der Waals surface area contributed by atoms with E-state index in [0.29, 0.717) is 0 Å². The van der Waals surface area contributed by atoms with Gasteiger partial charge in [0.1, 0.15) is 16.5 Å². The number of fused-ring (bicyclic) bond motifs is 1. The maximum absolute atomic E-state index is 5.82. The van der Waals surface area contributed by atoms with E-state index < -0.39 is 0 Å². The van der Waals surface area contributed by atoms with Crippen molar-refractivity contribution in [2.45, 2.75) is 0 Å². The minimum absolute atomic E-state index is 0.729. The molecule has 0 saturated carbocycles. The molecule has 0 aliphatic rings. The summed E-state index contributed by atoms with van der Waals surface area (Å²) in [4.78, 5) is 9.13. The van der Waals surface area contributed by atoms with Gasteiger partial charge in [-0.05, 0) is 36.4 Å². The number of benzene rings is 3. The predicted octanol–water partition coefficient (Wildman–Crippen LogP) is 5.42. The smallest absolute Gasteiger partial charge is 0.142 e. The molecule has 7 heteroatoms. The average molecular weight is 429 g/mol. The Morgan fingerprint density at radius 3 is 2.35 bits per heavy atom. The lowest BCUT2D eigenvalue weighted by Gasteiger charge is -2.09. The number of imidazole rings is 1. The molecule has 0 aliphatic carbocycles. The van der Waals surface area contributed by atoms with Gasteiger partial charge in [-0.3, -0.25) is 4.57 Å². The number of anilines is 1. The van der Waals surface area contributed by atoms with Crippen LogP contribution in [0.1, 0.15) is 0 Å². The Bertz CT molecular complexity index is 1360. The molecular weight excluding hydrogens is 408 g/mol. The van der Waals surface area contributed by atoms with Crippen LogP contribution in [0.4, 0.5) is 5.69 Å². The second-order valence-corrected chi connectivity index (χ2v) is 8.01. The molecule has 0 unspecified atom stereocenters. The summed E-state index contributed by atoms with van der Waals surface area (Å²) in [5.74, 6) is 1.49. The zero-order chi connectivity index (χ0) is 21.4. The van der Waals surface area contributed by atoms with Crippen molar-refractivity contribution >= 4 is 27.2 Å². The Labute approximate surface area is 183 Å². The highest BCUT2D eigenvalue weighted by Crippen LogP contribution is 2.39. The normalized spacial score (nSPS) is 11.0. The summed E-state index contributed by atoms with van der Waals surface area (Å²) in [6, 6.07) is 19.9. The molecule has 5 aromatic rings. The second kappa shape index (κ2) is 7.77. The van der Waals surface area contributed by atoms with E-state index in [1.165, 1.54) is 0 Å². The van der Waals surface area contributed by atoms with Crippen molar-refractivity contribution in [3.05, 3.63) is 73.2 Å². The van der Waals surface area contributed by atoms with Gasteiger partial charge in [0.25, 0.3) is 0 Å². The van der Waals surface area contributed by atoms with Crippen LogP contribution in [-0.2, 0) is 0 Å². The molecule has 6 nitrogen and oxygen atoms in total. The average Bonchev–Trinajstić information content (AvgIpc) is 3.46. The summed E-state index contributed by atoms with van der Waals surface area (Å²) in [6.45, 7) is 0. The van der Waals surface area contributed by atoms with Crippen LogP contribution in [-0.4, -0.2) is 28.8 Å². The van der Waals surface area contributed by atoms with Gasteiger partial charge < -0.3 is 15.2 Å². The zero-order valence-electron chi connectivity index (χ0n) is 17.1. The van der Waals surface area contributed by atoms with E-state index in [1.807, 2.05) is 48.9 Å². The molecule has 5 rings (SSSR count). The lowest BCUT2D eigenvalue weighted by atomic mass is 10.1. The molecule has 0 fully saturated rings. The summed E-state index contributed by atoms with van der Waals surface area (Å²) in [5, 5.41) is 0.928. The van der Waals surface area contributed by atoms with Gasteiger partial charge in [0.05, 0.1) is 42.7 Å². The zero-order valence-corrected chi connectivity index (χ0v) is 17.9. The molecule has 2 aromatic heterocycles. The summed E-state index contributed by atoms with van der Waals surface area (Å²) in [6.07, 6.45) is 3.67. The van der Waals surface area contributed by atoms with E-state index in [0.717, 1.165) is 54.9 Å². The van der Waals surface area contributed by atoms with Gasteiger partial charge in [-0.25, -0.2) is 9.97 Å². The van der Waals surface area contributed by atoms with Crippen molar-refractivity contribution < 1.29 is 9.47 Å². The van der Waals surface area contributed by atoms with Gasteiger partial charge in [-0.2, -0.15) is 0 Å². The first-order valence-corrected chi connectivity index (χ1v) is 10.5. The van der Waals surface area contributed by atoms with Crippen LogP contribution >= 0.6 is 11.3 Å². The van der Waals surface area contributed by atoms with E-state index in [1.54, 1.807) is 25.6 Å². The van der Waals surface area contributed by atoms with Crippen molar-refractivity contribution in [3.63, 3.8) is 0 Å². The first-order valence-electron chi connectivity index (χ1n) is 9.68. The number of nitrogens with zero attached hydrogens (tertiary/aromatic N) is 3. The number of thiazole rings is 1. The lowest BCUT2D eigenvalue weighted by Crippen LogP contribution is -1.95. The standard InChI is InChI=1S/C24H20N4O2S/c1-29-19-11-20-23(22(12-19)30-2)31-24(27-20)16-5-9-18(10-6-16)28-14-26-13-21(28)15-3-7-17(25)8-4-15/h3-14H,25H2,1-2H3. The molecule has 0 amide bonds. The Morgan fingerprint density at radius 1 is 0.903 bits per heavy atom. The van der Waals surface area contributed by atoms with Crippen molar-refractivity contribution in [1.29, 1.82) is 0 Å². The van der Waals surface area contributed by atoms with Crippen LogP contribution in [0.15, 0.2) is 73.2 Å². The molecule has 3 aromatic carbocycles. The van der Waals surface area contributed by atoms with Crippen molar-refractivity contribution in [1.82, 2.24) is 14.5 Å². The Hall–Kier alpha value is -3.84. The monoisotopic (exact) mass is 428 g/mol. The third-order valence-corrected chi connectivity index (χ3v) is 6.26. The minimum Gasteiger partial charge on any atom is -0.497 e. The van der Waals surface area contributed by atoms with Crippen molar-refractivity contribution in [3.8, 4) is 39.0 Å². The van der Waals surface area contributed by atoms with Gasteiger partial charge in [0.2, 0.25) is 0 Å². The summed E-state index contributed by atoms with van der Waals surface area (Å²) in [5.41, 5.74) is 11.5. The number of nitrogen functional groups attached to an aromatic ring is 1. The third-order valence-electron chi connectivity index (χ3n) is 5.12. The highest BCUT2D eigenvalue weighted by Gasteiger charge is 2.13. The number of rotatable bonds is 5. The number of aromatic nitrogens is 3. The molecule has 0 atom stereocenters. The molecule has 0 saturated heterocycles. The second-order valence-electron chi connectivity index (χ2n) is 7.01. The van der Waals surface area contributed by atoms with Gasteiger partial charge in [0.15, 0.2) is 0 Å². The number of nitrogens with two attached hydrogens (primary N) is 1. The Morgan fingerprint density at radius 2 is 1.65 bits per heavy atom. The molecule has 2 heterocycles. The quantitative estimate of drug-likeness (QED) is 0.379. The topological polar surface area (TPSA) is 75.2 Å². The molecule has 0 bridgehead atoms. The SMILES string of the molecule is COc1cc(OC)c2sc(-c3ccc(-n4cncc4-c4ccc(N)cc4)cc3)nc2c1. The number of hydrogen-bond donors (Lipinski definition) is 1. The minimum atomic E-state index is 0.729. The van der Waals surface area contributed by atoms with Crippen molar-refractivity contribution in [2.75, 3.05) is 20.0 Å². The number of hydrogen-bond acceptors (Lipinski definition) is 6. The van der Waals surface area contributed by atoms with Gasteiger partial charge >= 0.3 is 0 Å². The fourth-order valence-electron chi connectivity index (χ4n) is 3.50. The van der Waals surface area contributed by atoms with Crippen LogP contribution in [0, 0.1) is 0 Å². The fraction of sp³-hybridized carbons (Fsp3) is 0.0833. The van der Waals surface area contributed by atoms with E-state index in [2.05, 4.69) is 33.8 Å². The van der Waals surface area contributed by atoms with Crippen LogP contribution in [0.5, 0.6) is 11.5 Å². The van der Waals surface area contributed by atoms with E-state index >= 15 is 0 Å². The lowest BCUT2D eigenvalue weighted by molar-refractivity contribution is 0.398. The number of methoxy groups -OCH3 is 2. The van der Waals surface area contributed by atoms with Crippen LogP contribution in [0.25, 0.3) is 37.7 Å². The molecule has 154 valence electrons. The summed E-state index contributed by atoms with van der Waals surface area (Å²) < 4.78 is 13.9. The molecule has 31 heavy (non-hydrogen) atoms. The molecule has 0 spiro atoms. The maximum Gasteiger partial charge on any atom is 0.142 e. The van der Waals surface area contributed by atoms with Crippen LogP contribution < -0.4 is 15.2 Å².